The Hall–Kier alpha value is -4.29. The zero-order valence-corrected chi connectivity index (χ0v) is 21.4. The van der Waals surface area contributed by atoms with Crippen LogP contribution in [-0.2, 0) is 27.2 Å². The number of aliphatic carboxylic acids is 2. The molecule has 13 nitrogen and oxygen atoms in total. The highest BCUT2D eigenvalue weighted by Crippen LogP contribution is 2.32. The minimum Gasteiger partial charge on any atom is -0.493 e. The van der Waals surface area contributed by atoms with E-state index in [4.69, 9.17) is 5.11 Å². The smallest absolute Gasteiger partial charge is 0.326 e. The fraction of sp³-hybridized carbons (Fsp3) is 0.480. The van der Waals surface area contributed by atoms with Crippen molar-refractivity contribution >= 4 is 35.5 Å². The maximum absolute atomic E-state index is 12.5. The van der Waals surface area contributed by atoms with Gasteiger partial charge in [-0.05, 0) is 43.2 Å². The van der Waals surface area contributed by atoms with E-state index in [0.29, 0.717) is 37.2 Å². The van der Waals surface area contributed by atoms with Gasteiger partial charge in [0.2, 0.25) is 17.7 Å². The maximum atomic E-state index is 12.5. The molecule has 2 aromatic heterocycles. The SMILES string of the molecule is CC(C)(C)C(=O)Nc1nc(O)c2c(n1)NCC(CCc1cncc(C(=O)N[C@H](CCC(=O)O)C(=O)O)c1)C2. The Bertz CT molecular complexity index is 1230. The van der Waals surface area contributed by atoms with Crippen LogP contribution in [0.15, 0.2) is 18.5 Å². The van der Waals surface area contributed by atoms with Crippen LogP contribution >= 0.6 is 0 Å². The zero-order chi connectivity index (χ0) is 28.0. The third-order valence-corrected chi connectivity index (χ3v) is 6.09. The third kappa shape index (κ3) is 7.60. The molecule has 1 aliphatic rings. The summed E-state index contributed by atoms with van der Waals surface area (Å²) < 4.78 is 0. The van der Waals surface area contributed by atoms with Gasteiger partial charge in [-0.25, -0.2) is 4.79 Å². The summed E-state index contributed by atoms with van der Waals surface area (Å²) in [6, 6.07) is 0.292. The second-order valence-corrected chi connectivity index (χ2v) is 10.3. The second-order valence-electron chi connectivity index (χ2n) is 10.3. The number of fused-ring (bicyclic) bond motifs is 1. The van der Waals surface area contributed by atoms with Crippen molar-refractivity contribution in [1.82, 2.24) is 20.3 Å². The highest BCUT2D eigenvalue weighted by molar-refractivity contribution is 5.96. The predicted octanol–water partition coefficient (Wildman–Crippen LogP) is 1.83. The molecule has 6 N–H and O–H groups in total. The van der Waals surface area contributed by atoms with Gasteiger partial charge in [-0.2, -0.15) is 9.97 Å². The number of nitrogens with one attached hydrogen (secondary N) is 3. The molecule has 0 radical (unpaired) electrons. The van der Waals surface area contributed by atoms with E-state index in [2.05, 4.69) is 30.9 Å². The average Bonchev–Trinajstić information content (AvgIpc) is 2.84. The lowest BCUT2D eigenvalue weighted by molar-refractivity contribution is -0.140. The number of aromatic nitrogens is 3. The summed E-state index contributed by atoms with van der Waals surface area (Å²) in [5.41, 5.74) is 0.856. The van der Waals surface area contributed by atoms with Crippen molar-refractivity contribution in [2.45, 2.75) is 58.9 Å². The van der Waals surface area contributed by atoms with E-state index in [1.165, 1.54) is 6.20 Å². The lowest BCUT2D eigenvalue weighted by atomic mass is 9.91. The molecule has 0 bridgehead atoms. The van der Waals surface area contributed by atoms with Crippen molar-refractivity contribution in [2.24, 2.45) is 11.3 Å². The number of carbonyl (C=O) groups is 4. The number of carboxylic acids is 2. The molecule has 0 spiro atoms. The van der Waals surface area contributed by atoms with Crippen molar-refractivity contribution in [3.63, 3.8) is 0 Å². The van der Waals surface area contributed by atoms with Crippen molar-refractivity contribution in [2.75, 3.05) is 17.2 Å². The van der Waals surface area contributed by atoms with Gasteiger partial charge in [-0.3, -0.25) is 24.7 Å². The minimum absolute atomic E-state index is 0.0291. The van der Waals surface area contributed by atoms with Crippen LogP contribution in [0, 0.1) is 11.3 Å². The first-order valence-electron chi connectivity index (χ1n) is 12.2. The number of rotatable bonds is 10. The van der Waals surface area contributed by atoms with Crippen LogP contribution in [0.3, 0.4) is 0 Å². The Labute approximate surface area is 219 Å². The Kier molecular flexibility index (Phi) is 8.81. The van der Waals surface area contributed by atoms with E-state index >= 15 is 0 Å². The Morgan fingerprint density at radius 3 is 2.55 bits per heavy atom. The largest absolute Gasteiger partial charge is 0.493 e. The molecule has 13 heteroatoms. The number of pyridine rings is 1. The summed E-state index contributed by atoms with van der Waals surface area (Å²) in [5.74, 6) is -2.97. The maximum Gasteiger partial charge on any atom is 0.326 e. The van der Waals surface area contributed by atoms with Crippen LogP contribution in [0.4, 0.5) is 11.8 Å². The second kappa shape index (κ2) is 11.8. The van der Waals surface area contributed by atoms with Gasteiger partial charge >= 0.3 is 11.9 Å². The highest BCUT2D eigenvalue weighted by atomic mass is 16.4. The zero-order valence-electron chi connectivity index (χ0n) is 21.4. The molecular formula is C25H32N6O7. The van der Waals surface area contributed by atoms with Gasteiger partial charge in [0.1, 0.15) is 11.9 Å². The molecule has 0 saturated carbocycles. The van der Waals surface area contributed by atoms with Crippen LogP contribution in [0.25, 0.3) is 0 Å². The molecular weight excluding hydrogens is 496 g/mol. The summed E-state index contributed by atoms with van der Waals surface area (Å²) in [6.07, 6.45) is 4.08. The number of carbonyl (C=O) groups excluding carboxylic acids is 2. The number of anilines is 2. The van der Waals surface area contributed by atoms with Crippen molar-refractivity contribution in [3.05, 3.63) is 35.2 Å². The topological polar surface area (TPSA) is 204 Å². The molecule has 0 fully saturated rings. The van der Waals surface area contributed by atoms with Crippen LogP contribution < -0.4 is 16.0 Å². The molecule has 3 rings (SSSR count). The van der Waals surface area contributed by atoms with Crippen molar-refractivity contribution in [3.8, 4) is 5.88 Å². The molecule has 0 aromatic carbocycles. The lowest BCUT2D eigenvalue weighted by Crippen LogP contribution is -2.41. The predicted molar refractivity (Wildman–Crippen MR) is 136 cm³/mol. The first kappa shape index (κ1) is 28.3. The quantitative estimate of drug-likeness (QED) is 0.262. The van der Waals surface area contributed by atoms with Gasteiger partial charge in [0.15, 0.2) is 0 Å². The number of amides is 2. The summed E-state index contributed by atoms with van der Waals surface area (Å²) in [5, 5.41) is 36.7. The first-order valence-corrected chi connectivity index (χ1v) is 12.2. The van der Waals surface area contributed by atoms with E-state index in [1.54, 1.807) is 33.0 Å². The molecule has 3 heterocycles. The van der Waals surface area contributed by atoms with Gasteiger partial charge < -0.3 is 26.0 Å². The Morgan fingerprint density at radius 1 is 1.16 bits per heavy atom. The average molecular weight is 529 g/mol. The Morgan fingerprint density at radius 2 is 1.89 bits per heavy atom. The normalized spacial score (nSPS) is 15.5. The molecule has 0 saturated heterocycles. The number of carboxylic acid groups (broad SMARTS) is 2. The molecule has 1 unspecified atom stereocenters. The molecule has 204 valence electrons. The van der Waals surface area contributed by atoms with Crippen molar-refractivity contribution in [1.29, 1.82) is 0 Å². The monoisotopic (exact) mass is 528 g/mol. The number of hydrogen-bond acceptors (Lipinski definition) is 9. The van der Waals surface area contributed by atoms with Crippen LogP contribution in [0.1, 0.15) is 61.5 Å². The molecule has 1 aliphatic heterocycles. The summed E-state index contributed by atoms with van der Waals surface area (Å²) >= 11 is 0. The first-order chi connectivity index (χ1) is 17.8. The van der Waals surface area contributed by atoms with E-state index in [1.807, 2.05) is 0 Å². The van der Waals surface area contributed by atoms with E-state index in [-0.39, 0.29) is 42.1 Å². The molecule has 2 atom stereocenters. The standard InChI is InChI=1S/C25H32N6O7/c1-25(2,3)23(38)31-24-29-19-16(21(35)30-24)9-14(11-27-19)5-4-13-8-15(12-26-10-13)20(34)28-17(22(36)37)6-7-18(32)33/h8,10,12,14,17H,4-7,9,11H2,1-3H3,(H,28,34)(H,32,33)(H,36,37)(H3,27,29,30,31,35,38)/t14?,17-/m1/s1. The number of hydrogen-bond donors (Lipinski definition) is 6. The van der Waals surface area contributed by atoms with Gasteiger partial charge in [0.25, 0.3) is 5.91 Å². The van der Waals surface area contributed by atoms with E-state index in [0.717, 1.165) is 5.56 Å². The highest BCUT2D eigenvalue weighted by Gasteiger charge is 2.27. The summed E-state index contributed by atoms with van der Waals surface area (Å²) in [7, 11) is 0. The lowest BCUT2D eigenvalue weighted by Gasteiger charge is -2.26. The number of aryl methyl sites for hydroxylation is 1. The van der Waals surface area contributed by atoms with Crippen LogP contribution in [-0.4, -0.2) is 66.6 Å². The number of nitrogens with zero attached hydrogens (tertiary/aromatic N) is 3. The molecule has 2 amide bonds. The van der Waals surface area contributed by atoms with Crippen LogP contribution in [0.2, 0.25) is 0 Å². The fourth-order valence-corrected chi connectivity index (χ4v) is 3.84. The molecule has 38 heavy (non-hydrogen) atoms. The van der Waals surface area contributed by atoms with Crippen molar-refractivity contribution < 1.29 is 34.5 Å². The third-order valence-electron chi connectivity index (χ3n) is 6.09. The Balaban J connectivity index is 1.60. The summed E-state index contributed by atoms with van der Waals surface area (Å²) in [4.78, 5) is 59.3. The summed E-state index contributed by atoms with van der Waals surface area (Å²) in [6.45, 7) is 5.86. The molecule has 0 aliphatic carbocycles. The fourth-order valence-electron chi connectivity index (χ4n) is 3.84. The molecule has 2 aromatic rings. The number of aromatic hydroxyl groups is 1. The van der Waals surface area contributed by atoms with E-state index < -0.39 is 29.3 Å². The van der Waals surface area contributed by atoms with Crippen LogP contribution in [0.5, 0.6) is 5.88 Å². The van der Waals surface area contributed by atoms with Gasteiger partial charge in [0.05, 0.1) is 11.1 Å². The minimum atomic E-state index is -1.33. The van der Waals surface area contributed by atoms with Gasteiger partial charge in [0, 0.05) is 30.8 Å². The van der Waals surface area contributed by atoms with Gasteiger partial charge in [-0.15, -0.1) is 0 Å². The van der Waals surface area contributed by atoms with E-state index in [9.17, 15) is 29.4 Å². The van der Waals surface area contributed by atoms with Gasteiger partial charge in [-0.1, -0.05) is 20.8 Å².